The number of benzene rings is 1. The molecule has 2 heterocycles. The smallest absolute Gasteiger partial charge is 0.119 e. The van der Waals surface area contributed by atoms with Crippen LogP contribution in [0.4, 0.5) is 0 Å². The van der Waals surface area contributed by atoms with E-state index < -0.39 is 6.10 Å². The number of β-amino-alcohol motifs (C(OH)–C–C–N with tert-alkyl or cyclic N) is 1. The first-order valence-electron chi connectivity index (χ1n) is 9.01. The largest absolute Gasteiger partial charge is 0.491 e. The Morgan fingerprint density at radius 3 is 2.63 bits per heavy atom. The van der Waals surface area contributed by atoms with Gasteiger partial charge in [-0.2, -0.15) is 0 Å². The molecule has 1 aromatic carbocycles. The second kappa shape index (κ2) is 8.33. The number of nitrogens with zero attached hydrogens (tertiary/aromatic N) is 3. The molecule has 0 saturated carbocycles. The van der Waals surface area contributed by atoms with E-state index in [0.29, 0.717) is 6.54 Å². The molecule has 0 saturated heterocycles. The number of aliphatic hydroxyl groups is 1. The fourth-order valence-electron chi connectivity index (χ4n) is 2.52. The molecule has 3 aromatic rings. The van der Waals surface area contributed by atoms with Crippen LogP contribution in [0, 0.1) is 0 Å². The fraction of sp³-hybridized carbons (Fsp3) is 0.333. The minimum Gasteiger partial charge on any atom is -0.491 e. The SMILES string of the molecule is CC(C)(C)NCC(O)COc1ccc(-n2cnc(-c3cccnc3)c2)cc1. The van der Waals surface area contributed by atoms with Crippen LogP contribution < -0.4 is 10.1 Å². The number of rotatable bonds is 7. The maximum absolute atomic E-state index is 10.0. The molecule has 2 aromatic heterocycles. The van der Waals surface area contributed by atoms with Crippen molar-refractivity contribution in [3.63, 3.8) is 0 Å². The molecule has 1 atom stereocenters. The van der Waals surface area contributed by atoms with Crippen molar-refractivity contribution in [3.8, 4) is 22.7 Å². The van der Waals surface area contributed by atoms with Crippen molar-refractivity contribution < 1.29 is 9.84 Å². The Bertz CT molecular complexity index is 839. The van der Waals surface area contributed by atoms with Gasteiger partial charge in [0.15, 0.2) is 0 Å². The van der Waals surface area contributed by atoms with Crippen LogP contribution in [0.5, 0.6) is 5.75 Å². The van der Waals surface area contributed by atoms with Crippen LogP contribution in [0.2, 0.25) is 0 Å². The van der Waals surface area contributed by atoms with Gasteiger partial charge >= 0.3 is 0 Å². The molecular formula is C21H26N4O2. The van der Waals surface area contributed by atoms with Crippen LogP contribution in [-0.4, -0.2) is 44.4 Å². The summed E-state index contributed by atoms with van der Waals surface area (Å²) in [5, 5.41) is 13.3. The molecule has 0 aliphatic carbocycles. The highest BCUT2D eigenvalue weighted by Crippen LogP contribution is 2.20. The number of aromatic nitrogens is 3. The summed E-state index contributed by atoms with van der Waals surface area (Å²) in [6, 6.07) is 11.6. The van der Waals surface area contributed by atoms with Gasteiger partial charge in [-0.3, -0.25) is 4.98 Å². The molecule has 6 nitrogen and oxygen atoms in total. The van der Waals surface area contributed by atoms with Gasteiger partial charge in [0.05, 0.1) is 12.0 Å². The zero-order chi connectivity index (χ0) is 19.3. The summed E-state index contributed by atoms with van der Waals surface area (Å²) >= 11 is 0. The molecule has 0 aliphatic heterocycles. The zero-order valence-electron chi connectivity index (χ0n) is 16.0. The molecule has 0 radical (unpaired) electrons. The predicted molar refractivity (Wildman–Crippen MR) is 106 cm³/mol. The number of ether oxygens (including phenoxy) is 1. The van der Waals surface area contributed by atoms with E-state index in [1.165, 1.54) is 0 Å². The first-order valence-corrected chi connectivity index (χ1v) is 9.01. The van der Waals surface area contributed by atoms with Gasteiger partial charge in [-0.25, -0.2) is 4.98 Å². The van der Waals surface area contributed by atoms with Crippen LogP contribution in [0.1, 0.15) is 20.8 Å². The monoisotopic (exact) mass is 366 g/mol. The Kier molecular flexibility index (Phi) is 5.88. The number of hydrogen-bond donors (Lipinski definition) is 2. The van der Waals surface area contributed by atoms with Gasteiger partial charge in [-0.15, -0.1) is 0 Å². The summed E-state index contributed by atoms with van der Waals surface area (Å²) in [6.45, 7) is 6.94. The van der Waals surface area contributed by atoms with Crippen molar-refractivity contribution in [1.82, 2.24) is 19.9 Å². The normalized spacial score (nSPS) is 12.7. The van der Waals surface area contributed by atoms with E-state index in [4.69, 9.17) is 4.74 Å². The van der Waals surface area contributed by atoms with Crippen molar-refractivity contribution in [2.75, 3.05) is 13.2 Å². The number of aliphatic hydroxyl groups excluding tert-OH is 1. The summed E-state index contributed by atoms with van der Waals surface area (Å²) in [4.78, 5) is 8.56. The predicted octanol–water partition coefficient (Wildman–Crippen LogP) is 3.06. The molecule has 142 valence electrons. The lowest BCUT2D eigenvalue weighted by Crippen LogP contribution is -2.42. The van der Waals surface area contributed by atoms with E-state index in [-0.39, 0.29) is 12.1 Å². The second-order valence-corrected chi connectivity index (χ2v) is 7.50. The first kappa shape index (κ1) is 19.1. The van der Waals surface area contributed by atoms with E-state index in [0.717, 1.165) is 22.7 Å². The average molecular weight is 366 g/mol. The van der Waals surface area contributed by atoms with Crippen molar-refractivity contribution in [1.29, 1.82) is 0 Å². The van der Waals surface area contributed by atoms with Gasteiger partial charge < -0.3 is 19.7 Å². The summed E-state index contributed by atoms with van der Waals surface area (Å²) in [5.74, 6) is 0.723. The molecule has 0 bridgehead atoms. The average Bonchev–Trinajstić information content (AvgIpc) is 3.15. The quantitative estimate of drug-likeness (QED) is 0.672. The van der Waals surface area contributed by atoms with Gasteiger partial charge in [-0.1, -0.05) is 0 Å². The number of hydrogen-bond acceptors (Lipinski definition) is 5. The Morgan fingerprint density at radius 1 is 1.19 bits per heavy atom. The number of nitrogens with one attached hydrogen (secondary N) is 1. The van der Waals surface area contributed by atoms with Crippen molar-refractivity contribution in [2.24, 2.45) is 0 Å². The van der Waals surface area contributed by atoms with Crippen molar-refractivity contribution >= 4 is 0 Å². The summed E-state index contributed by atoms with van der Waals surface area (Å²) in [7, 11) is 0. The maximum Gasteiger partial charge on any atom is 0.119 e. The van der Waals surface area contributed by atoms with Gasteiger partial charge in [0.2, 0.25) is 0 Å². The Hall–Kier alpha value is -2.70. The molecule has 0 fully saturated rings. The van der Waals surface area contributed by atoms with Crippen LogP contribution in [0.25, 0.3) is 16.9 Å². The molecule has 0 amide bonds. The third-order valence-corrected chi connectivity index (χ3v) is 3.99. The lowest BCUT2D eigenvalue weighted by atomic mass is 10.1. The fourth-order valence-corrected chi connectivity index (χ4v) is 2.52. The third kappa shape index (κ3) is 5.64. The van der Waals surface area contributed by atoms with E-state index >= 15 is 0 Å². The van der Waals surface area contributed by atoms with Crippen LogP contribution in [0.15, 0.2) is 61.3 Å². The Balaban J connectivity index is 1.57. The molecule has 2 N–H and O–H groups in total. The van der Waals surface area contributed by atoms with E-state index in [2.05, 4.69) is 36.1 Å². The number of imidazole rings is 1. The third-order valence-electron chi connectivity index (χ3n) is 3.99. The minimum absolute atomic E-state index is 0.0257. The van der Waals surface area contributed by atoms with Gasteiger partial charge in [-0.05, 0) is 57.2 Å². The lowest BCUT2D eigenvalue weighted by molar-refractivity contribution is 0.100. The summed E-state index contributed by atoms with van der Waals surface area (Å²) in [5.41, 5.74) is 2.81. The molecule has 3 rings (SSSR count). The molecular weight excluding hydrogens is 340 g/mol. The molecule has 0 spiro atoms. The highest BCUT2D eigenvalue weighted by molar-refractivity contribution is 5.57. The lowest BCUT2D eigenvalue weighted by Gasteiger charge is -2.23. The van der Waals surface area contributed by atoms with Gasteiger partial charge in [0.25, 0.3) is 0 Å². The molecule has 6 heteroatoms. The Morgan fingerprint density at radius 2 is 1.96 bits per heavy atom. The number of pyridine rings is 1. The Labute approximate surface area is 159 Å². The zero-order valence-corrected chi connectivity index (χ0v) is 16.0. The van der Waals surface area contributed by atoms with Crippen molar-refractivity contribution in [3.05, 3.63) is 61.3 Å². The van der Waals surface area contributed by atoms with E-state index in [1.54, 1.807) is 18.7 Å². The summed E-state index contributed by atoms with van der Waals surface area (Å²) in [6.07, 6.45) is 6.73. The van der Waals surface area contributed by atoms with Crippen LogP contribution >= 0.6 is 0 Å². The van der Waals surface area contributed by atoms with Gasteiger partial charge in [0, 0.05) is 41.9 Å². The van der Waals surface area contributed by atoms with E-state index in [1.807, 2.05) is 47.2 Å². The topological polar surface area (TPSA) is 72.2 Å². The van der Waals surface area contributed by atoms with Crippen LogP contribution in [0.3, 0.4) is 0 Å². The van der Waals surface area contributed by atoms with E-state index in [9.17, 15) is 5.11 Å². The second-order valence-electron chi connectivity index (χ2n) is 7.50. The highest BCUT2D eigenvalue weighted by atomic mass is 16.5. The first-order chi connectivity index (χ1) is 12.9. The minimum atomic E-state index is -0.556. The van der Waals surface area contributed by atoms with Gasteiger partial charge in [0.1, 0.15) is 18.5 Å². The standard InChI is InChI=1S/C21H26N4O2/c1-21(2,3)24-12-18(26)14-27-19-8-6-17(7-9-19)25-13-20(23-15-25)16-5-4-10-22-11-16/h4-11,13,15,18,24,26H,12,14H2,1-3H3. The van der Waals surface area contributed by atoms with Crippen molar-refractivity contribution in [2.45, 2.75) is 32.4 Å². The highest BCUT2D eigenvalue weighted by Gasteiger charge is 2.12. The summed E-state index contributed by atoms with van der Waals surface area (Å²) < 4.78 is 7.63. The molecule has 1 unspecified atom stereocenters. The molecule has 27 heavy (non-hydrogen) atoms. The molecule has 0 aliphatic rings. The maximum atomic E-state index is 10.0. The van der Waals surface area contributed by atoms with Crippen LogP contribution in [-0.2, 0) is 0 Å².